The summed E-state index contributed by atoms with van der Waals surface area (Å²) in [5.74, 6) is 0.718. The van der Waals surface area contributed by atoms with E-state index in [9.17, 15) is 2.74 Å². The van der Waals surface area contributed by atoms with Crippen molar-refractivity contribution in [2.75, 3.05) is 0 Å². The molecule has 51 heavy (non-hydrogen) atoms. The van der Waals surface area contributed by atoms with Gasteiger partial charge in [0.1, 0.15) is 11.6 Å². The zero-order valence-corrected chi connectivity index (χ0v) is 27.0. The molecule has 4 heterocycles. The number of nitrogens with zero attached hydrogens (tertiary/aromatic N) is 4. The largest absolute Gasteiger partial charge is 0.309 e. The molecule has 11 rings (SSSR count). The monoisotopic (exact) mass is 658 g/mol. The molecule has 0 saturated carbocycles. The van der Waals surface area contributed by atoms with Gasteiger partial charge in [-0.15, -0.1) is 0 Å². The van der Waals surface area contributed by atoms with Crippen molar-refractivity contribution in [3.63, 3.8) is 0 Å². The first-order valence-electron chi connectivity index (χ1n) is 20.8. The second-order valence-corrected chi connectivity index (χ2v) is 12.6. The van der Waals surface area contributed by atoms with Gasteiger partial charge in [-0.2, -0.15) is 0 Å². The molecule has 0 aliphatic carbocycles. The van der Waals surface area contributed by atoms with Gasteiger partial charge in [-0.3, -0.25) is 9.13 Å². The highest BCUT2D eigenvalue weighted by atomic mass is 15.1. The summed E-state index contributed by atoms with van der Waals surface area (Å²) >= 11 is 0. The maximum absolute atomic E-state index is 9.22. The van der Waals surface area contributed by atoms with E-state index in [1.807, 2.05) is 103 Å². The molecule has 11 aromatic rings. The van der Waals surface area contributed by atoms with E-state index >= 15 is 0 Å². The summed E-state index contributed by atoms with van der Waals surface area (Å²) in [4.78, 5) is 5.30. The molecular weight excluding hydrogens is 621 g/mol. The third kappa shape index (κ3) is 4.05. The van der Waals surface area contributed by atoms with E-state index in [4.69, 9.17) is 13.2 Å². The average Bonchev–Trinajstić information content (AvgIpc) is 3.92. The molecule has 4 nitrogen and oxygen atoms in total. The summed E-state index contributed by atoms with van der Waals surface area (Å²) in [6.07, 6.45) is 0. The maximum atomic E-state index is 9.22. The lowest BCUT2D eigenvalue weighted by Crippen LogP contribution is -2.05. The summed E-state index contributed by atoms with van der Waals surface area (Å²) in [6.45, 7) is 0. The predicted octanol–water partition coefficient (Wildman–Crippen LogP) is 12.0. The van der Waals surface area contributed by atoms with E-state index in [2.05, 4.69) is 34.9 Å². The highest BCUT2D eigenvalue weighted by Crippen LogP contribution is 2.39. The van der Waals surface area contributed by atoms with Crippen molar-refractivity contribution in [2.24, 2.45) is 0 Å². The molecule has 4 aromatic heterocycles. The number of fused-ring (bicyclic) bond motifs is 9. The first-order chi connectivity index (χ1) is 28.7. The van der Waals surface area contributed by atoms with Gasteiger partial charge in [0.05, 0.1) is 49.8 Å². The molecule has 0 fully saturated rings. The van der Waals surface area contributed by atoms with Crippen LogP contribution in [0.5, 0.6) is 0 Å². The van der Waals surface area contributed by atoms with E-state index in [1.54, 1.807) is 9.13 Å². The molecule has 0 spiro atoms. The van der Waals surface area contributed by atoms with Crippen LogP contribution in [0.4, 0.5) is 0 Å². The highest BCUT2D eigenvalue weighted by Gasteiger charge is 2.20. The number of hydrogen-bond acceptors (Lipinski definition) is 1. The van der Waals surface area contributed by atoms with Crippen LogP contribution in [0.25, 0.3) is 93.9 Å². The molecule has 0 aliphatic heterocycles. The number of benzene rings is 7. The third-order valence-electron chi connectivity index (χ3n) is 9.90. The van der Waals surface area contributed by atoms with Crippen molar-refractivity contribution >= 4 is 65.4 Å². The smallest absolute Gasteiger partial charge is 0.140 e. The van der Waals surface area contributed by atoms with Gasteiger partial charge in [0.15, 0.2) is 0 Å². The lowest BCUT2D eigenvalue weighted by Gasteiger charge is -2.17. The molecule has 0 unspecified atom stereocenters. The zero-order valence-electron chi connectivity index (χ0n) is 35.0. The van der Waals surface area contributed by atoms with Crippen LogP contribution in [0.1, 0.15) is 11.0 Å². The fourth-order valence-electron chi connectivity index (χ4n) is 7.80. The topological polar surface area (TPSA) is 27.7 Å². The van der Waals surface area contributed by atoms with Crippen LogP contribution in [0.3, 0.4) is 0 Å². The number of pyridine rings is 1. The molecule has 0 saturated heterocycles. The van der Waals surface area contributed by atoms with Gasteiger partial charge in [-0.1, -0.05) is 127 Å². The minimum Gasteiger partial charge on any atom is -0.309 e. The molecule has 238 valence electrons. The van der Waals surface area contributed by atoms with Crippen LogP contribution < -0.4 is 0 Å². The predicted molar refractivity (Wildman–Crippen MR) is 213 cm³/mol. The fourth-order valence-corrected chi connectivity index (χ4v) is 7.80. The highest BCUT2D eigenvalue weighted by molar-refractivity contribution is 6.11. The maximum Gasteiger partial charge on any atom is 0.140 e. The minimum atomic E-state index is -0.363. The third-order valence-corrected chi connectivity index (χ3v) is 9.90. The summed E-state index contributed by atoms with van der Waals surface area (Å²) in [5.41, 5.74) is 6.30. The van der Waals surface area contributed by atoms with Gasteiger partial charge >= 0.3 is 0 Å². The van der Waals surface area contributed by atoms with Crippen LogP contribution in [-0.2, 0) is 0 Å². The van der Waals surface area contributed by atoms with Crippen molar-refractivity contribution in [2.45, 2.75) is 0 Å². The normalized spacial score (nSPS) is 14.1. The number of para-hydroxylation sites is 7. The van der Waals surface area contributed by atoms with E-state index in [1.165, 1.54) is 0 Å². The standard InChI is InChI=1S/C47H30N4/c1-8-22-39(49-40-23-9-2-16-33(40)34-17-3-10-24-41(34)49)32(15-1)31-29-46(50-42-25-11-4-18-35(42)36-19-5-12-26-43(36)50)48-47(30-31)51-44-27-13-6-20-37(44)38-21-7-14-28-45(38)51/h1-30H/i4D,6D,11D,13D,18D,20D,25D,27D. The molecule has 0 radical (unpaired) electrons. The molecule has 0 amide bonds. The zero-order chi connectivity index (χ0) is 40.4. The van der Waals surface area contributed by atoms with Crippen molar-refractivity contribution in [1.82, 2.24) is 18.7 Å². The first-order valence-corrected chi connectivity index (χ1v) is 16.8. The molecular formula is C47H30N4. The van der Waals surface area contributed by atoms with Gasteiger partial charge in [0.25, 0.3) is 0 Å². The fraction of sp³-hybridized carbons (Fsp3) is 0. The van der Waals surface area contributed by atoms with Gasteiger partial charge in [0.2, 0.25) is 0 Å². The summed E-state index contributed by atoms with van der Waals surface area (Å²) in [6, 6.07) is 41.3. The van der Waals surface area contributed by atoms with E-state index in [-0.39, 0.29) is 59.4 Å². The van der Waals surface area contributed by atoms with Crippen LogP contribution >= 0.6 is 0 Å². The Balaban J connectivity index is 1.32. The molecule has 0 aliphatic rings. The second kappa shape index (κ2) is 10.8. The summed E-state index contributed by atoms with van der Waals surface area (Å²) in [5, 5.41) is 4.23. The van der Waals surface area contributed by atoms with Gasteiger partial charge in [-0.25, -0.2) is 4.98 Å². The minimum absolute atomic E-state index is 0.151. The average molecular weight is 659 g/mol. The Morgan fingerprint density at radius 2 is 0.765 bits per heavy atom. The number of aromatic nitrogens is 4. The van der Waals surface area contributed by atoms with Gasteiger partial charge in [0, 0.05) is 37.9 Å². The number of rotatable bonds is 4. The van der Waals surface area contributed by atoms with E-state index in [0.717, 1.165) is 38.6 Å². The lowest BCUT2D eigenvalue weighted by atomic mass is 10.0. The SMILES string of the molecule is [2H]c1c([2H])c([2H])c2c(c1[2H])c1ccccc1n2-c1cc(-c2ccccc2-n2c3ccccc3c3ccccc32)cc(-n2c3ccccc3c3c([2H])c([2H])c([2H])c([2H])c32)n1. The van der Waals surface area contributed by atoms with Crippen molar-refractivity contribution in [1.29, 1.82) is 0 Å². The second-order valence-electron chi connectivity index (χ2n) is 12.6. The van der Waals surface area contributed by atoms with Crippen molar-refractivity contribution in [3.8, 4) is 28.5 Å². The summed E-state index contributed by atoms with van der Waals surface area (Å²) in [7, 11) is 0. The van der Waals surface area contributed by atoms with E-state index in [0.29, 0.717) is 44.2 Å². The van der Waals surface area contributed by atoms with Gasteiger partial charge < -0.3 is 4.57 Å². The molecule has 0 bridgehead atoms. The van der Waals surface area contributed by atoms with Gasteiger partial charge in [-0.05, 0) is 60.1 Å². The Morgan fingerprint density at radius 3 is 1.27 bits per heavy atom. The quantitative estimate of drug-likeness (QED) is 0.185. The number of hydrogen-bond donors (Lipinski definition) is 0. The summed E-state index contributed by atoms with van der Waals surface area (Å²) < 4.78 is 76.9. The van der Waals surface area contributed by atoms with Crippen LogP contribution in [0.15, 0.2) is 182 Å². The Bertz CT molecular complexity index is 3410. The lowest BCUT2D eigenvalue weighted by molar-refractivity contribution is 1.01. The molecule has 0 N–H and O–H groups in total. The van der Waals surface area contributed by atoms with Crippen LogP contribution in [-0.4, -0.2) is 18.7 Å². The van der Waals surface area contributed by atoms with E-state index < -0.39 is 0 Å². The Kier molecular flexibility index (Phi) is 4.49. The first kappa shape index (κ1) is 21.2. The molecule has 0 atom stereocenters. The Labute approximate surface area is 304 Å². The van der Waals surface area contributed by atoms with Crippen LogP contribution in [0.2, 0.25) is 0 Å². The Hall–Kier alpha value is -6.91. The van der Waals surface area contributed by atoms with Crippen molar-refractivity contribution < 1.29 is 11.0 Å². The Morgan fingerprint density at radius 1 is 0.373 bits per heavy atom. The van der Waals surface area contributed by atoms with Crippen molar-refractivity contribution in [3.05, 3.63) is 182 Å². The van der Waals surface area contributed by atoms with Crippen LogP contribution in [0, 0.1) is 0 Å². The molecule has 4 heteroatoms. The molecule has 7 aromatic carbocycles.